The number of nitrogen functional groups attached to an aromatic ring is 1. The second-order valence-electron chi connectivity index (χ2n) is 6.00. The Hall–Kier alpha value is -3.72. The van der Waals surface area contributed by atoms with E-state index in [0.717, 1.165) is 27.4 Å². The van der Waals surface area contributed by atoms with E-state index in [1.165, 1.54) is 12.1 Å². The minimum atomic E-state index is -1.07. The molecule has 0 aliphatic heterocycles. The Balaban J connectivity index is 1.82. The molecule has 9 heteroatoms. The maximum atomic E-state index is 14.2. The number of halogens is 2. The number of rotatable bonds is 4. The molecule has 2 aromatic heterocycles. The van der Waals surface area contributed by atoms with Crippen LogP contribution in [0.15, 0.2) is 54.7 Å². The van der Waals surface area contributed by atoms with Crippen LogP contribution < -0.4 is 5.73 Å². The van der Waals surface area contributed by atoms with Gasteiger partial charge in [0, 0.05) is 11.8 Å². The molecule has 2 heterocycles. The summed E-state index contributed by atoms with van der Waals surface area (Å²) in [6, 6.07) is 12.7. The van der Waals surface area contributed by atoms with Gasteiger partial charge >= 0.3 is 0 Å². The number of nitrogens with zero attached hydrogens (tertiary/aromatic N) is 5. The number of aromatic nitrogens is 5. The third-order valence-corrected chi connectivity index (χ3v) is 4.26. The van der Waals surface area contributed by atoms with E-state index >= 15 is 0 Å². The summed E-state index contributed by atoms with van der Waals surface area (Å²) in [5.74, 6) is -1.81. The highest BCUT2D eigenvalue weighted by atomic mass is 19.2. The first-order valence-corrected chi connectivity index (χ1v) is 8.27. The largest absolute Gasteiger partial charge is 0.392 e. The number of pyridine rings is 1. The summed E-state index contributed by atoms with van der Waals surface area (Å²) in [6.07, 6.45) is 1.59. The lowest BCUT2D eigenvalue weighted by Crippen LogP contribution is -2.06. The van der Waals surface area contributed by atoms with Gasteiger partial charge in [-0.1, -0.05) is 30.3 Å². The van der Waals surface area contributed by atoms with E-state index in [0.29, 0.717) is 5.56 Å². The molecular weight excluding hydrogens is 366 g/mol. The number of aliphatic hydroxyl groups is 1. The highest BCUT2D eigenvalue weighted by Crippen LogP contribution is 2.30. The average molecular weight is 380 g/mol. The fraction of sp³-hybridized carbons (Fsp3) is 0.0526. The topological polar surface area (TPSA) is 103 Å². The van der Waals surface area contributed by atoms with Gasteiger partial charge < -0.3 is 10.8 Å². The van der Waals surface area contributed by atoms with Crippen LogP contribution in [0.3, 0.4) is 0 Å². The quantitative estimate of drug-likeness (QED) is 0.564. The molecule has 2 aromatic carbocycles. The second-order valence-corrected chi connectivity index (χ2v) is 6.00. The van der Waals surface area contributed by atoms with Crippen LogP contribution in [0, 0.1) is 11.6 Å². The Labute approximate surface area is 158 Å². The number of tetrazole rings is 1. The lowest BCUT2D eigenvalue weighted by molar-refractivity contribution is 0.282. The van der Waals surface area contributed by atoms with Gasteiger partial charge in [0.05, 0.1) is 12.2 Å². The fourth-order valence-corrected chi connectivity index (χ4v) is 2.79. The van der Waals surface area contributed by atoms with Crippen molar-refractivity contribution in [1.29, 1.82) is 0 Å². The summed E-state index contributed by atoms with van der Waals surface area (Å²) in [5, 5.41) is 20.4. The van der Waals surface area contributed by atoms with E-state index in [-0.39, 0.29) is 23.9 Å². The maximum absolute atomic E-state index is 14.2. The Morgan fingerprint density at radius 1 is 1.04 bits per heavy atom. The predicted molar refractivity (Wildman–Crippen MR) is 98.1 cm³/mol. The van der Waals surface area contributed by atoms with E-state index in [9.17, 15) is 13.9 Å². The zero-order valence-electron chi connectivity index (χ0n) is 14.4. The van der Waals surface area contributed by atoms with E-state index in [2.05, 4.69) is 20.5 Å². The monoisotopic (exact) mass is 380 g/mol. The second kappa shape index (κ2) is 7.12. The van der Waals surface area contributed by atoms with E-state index in [1.807, 2.05) is 12.1 Å². The minimum Gasteiger partial charge on any atom is -0.392 e. The molecule has 0 saturated heterocycles. The standard InChI is InChI=1S/C19H14F2N6O/c20-15-2-1-3-16(17(15)21)27-19(24-25-26-27)14-8-13(9-23-18(14)22)12-6-4-11(10-28)5-7-12/h1-9,28H,10H2,(H2,22,23). The summed E-state index contributed by atoms with van der Waals surface area (Å²) in [5.41, 5.74) is 8.57. The number of hydrogen-bond donors (Lipinski definition) is 2. The van der Waals surface area contributed by atoms with Crippen LogP contribution in [0.1, 0.15) is 5.56 Å². The first kappa shape index (κ1) is 17.7. The molecule has 0 aliphatic carbocycles. The van der Waals surface area contributed by atoms with Crippen molar-refractivity contribution in [3.63, 3.8) is 0 Å². The minimum absolute atomic E-state index is 0.0561. The molecule has 140 valence electrons. The van der Waals surface area contributed by atoms with Crippen LogP contribution in [0.5, 0.6) is 0 Å². The highest BCUT2D eigenvalue weighted by Gasteiger charge is 2.19. The van der Waals surface area contributed by atoms with Gasteiger partial charge in [-0.3, -0.25) is 0 Å². The SMILES string of the molecule is Nc1ncc(-c2ccc(CO)cc2)cc1-c1nnnn1-c1cccc(F)c1F. The first-order chi connectivity index (χ1) is 13.6. The van der Waals surface area contributed by atoms with Crippen molar-refractivity contribution in [1.82, 2.24) is 25.2 Å². The van der Waals surface area contributed by atoms with Gasteiger partial charge in [-0.25, -0.2) is 13.8 Å². The zero-order valence-corrected chi connectivity index (χ0v) is 14.4. The molecule has 4 rings (SSSR count). The lowest BCUT2D eigenvalue weighted by Gasteiger charge is -2.10. The number of anilines is 1. The van der Waals surface area contributed by atoms with Crippen LogP contribution in [-0.2, 0) is 6.61 Å². The molecule has 0 atom stereocenters. The molecule has 7 nitrogen and oxygen atoms in total. The molecule has 0 unspecified atom stereocenters. The van der Waals surface area contributed by atoms with Crippen LogP contribution in [0.25, 0.3) is 28.2 Å². The summed E-state index contributed by atoms with van der Waals surface area (Å²) in [6.45, 7) is -0.0561. The molecule has 0 aliphatic rings. The van der Waals surface area contributed by atoms with Crippen LogP contribution in [-0.4, -0.2) is 30.3 Å². The van der Waals surface area contributed by atoms with Gasteiger partial charge in [0.1, 0.15) is 11.5 Å². The number of nitrogens with two attached hydrogens (primary N) is 1. The lowest BCUT2D eigenvalue weighted by atomic mass is 10.0. The van der Waals surface area contributed by atoms with Crippen LogP contribution in [0.2, 0.25) is 0 Å². The molecular formula is C19H14F2N6O. The van der Waals surface area contributed by atoms with Gasteiger partial charge in [0.15, 0.2) is 17.5 Å². The summed E-state index contributed by atoms with van der Waals surface area (Å²) in [7, 11) is 0. The fourth-order valence-electron chi connectivity index (χ4n) is 2.79. The van der Waals surface area contributed by atoms with Crippen molar-refractivity contribution in [2.24, 2.45) is 0 Å². The van der Waals surface area contributed by atoms with E-state index in [1.54, 1.807) is 24.4 Å². The Morgan fingerprint density at radius 2 is 1.82 bits per heavy atom. The molecule has 0 fully saturated rings. The Morgan fingerprint density at radius 3 is 2.57 bits per heavy atom. The molecule has 0 amide bonds. The van der Waals surface area contributed by atoms with Gasteiger partial charge in [-0.2, -0.15) is 4.68 Å². The van der Waals surface area contributed by atoms with Gasteiger partial charge in [0.2, 0.25) is 0 Å². The summed E-state index contributed by atoms with van der Waals surface area (Å²) in [4.78, 5) is 4.18. The van der Waals surface area contributed by atoms with Crippen molar-refractivity contribution >= 4 is 5.82 Å². The van der Waals surface area contributed by atoms with Crippen molar-refractivity contribution in [2.45, 2.75) is 6.61 Å². The molecule has 0 saturated carbocycles. The van der Waals surface area contributed by atoms with E-state index in [4.69, 9.17) is 5.73 Å². The third kappa shape index (κ3) is 3.08. The Bertz CT molecular complexity index is 1140. The van der Waals surface area contributed by atoms with E-state index < -0.39 is 11.6 Å². The molecule has 4 aromatic rings. The predicted octanol–water partition coefficient (Wildman–Crippen LogP) is 2.74. The van der Waals surface area contributed by atoms with Crippen molar-refractivity contribution in [2.75, 3.05) is 5.73 Å². The smallest absolute Gasteiger partial charge is 0.190 e. The van der Waals surface area contributed by atoms with Crippen molar-refractivity contribution in [3.05, 3.63) is 71.9 Å². The zero-order chi connectivity index (χ0) is 19.7. The molecule has 3 N–H and O–H groups in total. The normalized spacial score (nSPS) is 11.0. The Kier molecular flexibility index (Phi) is 4.50. The van der Waals surface area contributed by atoms with Gasteiger partial charge in [-0.05, 0) is 39.8 Å². The summed E-state index contributed by atoms with van der Waals surface area (Å²) < 4.78 is 28.9. The highest BCUT2D eigenvalue weighted by molar-refractivity contribution is 5.76. The number of aliphatic hydroxyl groups excluding tert-OH is 1. The number of hydrogen-bond acceptors (Lipinski definition) is 6. The molecule has 0 bridgehead atoms. The van der Waals surface area contributed by atoms with Crippen LogP contribution >= 0.6 is 0 Å². The van der Waals surface area contributed by atoms with Crippen molar-refractivity contribution in [3.8, 4) is 28.2 Å². The molecule has 0 spiro atoms. The van der Waals surface area contributed by atoms with Gasteiger partial charge in [0.25, 0.3) is 0 Å². The first-order valence-electron chi connectivity index (χ1n) is 8.27. The van der Waals surface area contributed by atoms with Crippen LogP contribution in [0.4, 0.5) is 14.6 Å². The molecule has 28 heavy (non-hydrogen) atoms. The average Bonchev–Trinajstić information content (AvgIpc) is 3.20. The third-order valence-electron chi connectivity index (χ3n) is 4.26. The number of benzene rings is 2. The van der Waals surface area contributed by atoms with Crippen molar-refractivity contribution < 1.29 is 13.9 Å². The van der Waals surface area contributed by atoms with Gasteiger partial charge in [-0.15, -0.1) is 5.10 Å². The molecule has 0 radical (unpaired) electrons. The maximum Gasteiger partial charge on any atom is 0.190 e. The summed E-state index contributed by atoms with van der Waals surface area (Å²) >= 11 is 0.